The molecule has 1 aromatic carbocycles. The number of fused-ring (bicyclic) bond motifs is 1. The van der Waals surface area contributed by atoms with Gasteiger partial charge in [0, 0.05) is 12.1 Å². The molecule has 20 heavy (non-hydrogen) atoms. The van der Waals surface area contributed by atoms with Gasteiger partial charge >= 0.3 is 6.03 Å². The van der Waals surface area contributed by atoms with Crippen LogP contribution >= 0.6 is 0 Å². The summed E-state index contributed by atoms with van der Waals surface area (Å²) < 4.78 is 5.53. The Hall–Kier alpha value is -1.79. The highest BCUT2D eigenvalue weighted by Crippen LogP contribution is 2.04. The smallest absolute Gasteiger partial charge is 0.368 e. The lowest BCUT2D eigenvalue weighted by Gasteiger charge is -2.22. The Kier molecular flexibility index (Phi) is 4.15. The van der Waals surface area contributed by atoms with Crippen molar-refractivity contribution in [2.75, 3.05) is 13.2 Å². The third-order valence-electron chi connectivity index (χ3n) is 2.70. The summed E-state index contributed by atoms with van der Waals surface area (Å²) in [6.45, 7) is 6.63. The molecule has 0 spiro atoms. The fourth-order valence-electron chi connectivity index (χ4n) is 1.72. The molecule has 1 atom stereocenters. The molecule has 1 aliphatic heterocycles. The lowest BCUT2D eigenvalue weighted by Crippen LogP contribution is -2.42. The quantitative estimate of drug-likeness (QED) is 0.804. The van der Waals surface area contributed by atoms with Crippen molar-refractivity contribution in [3.8, 4) is 5.75 Å². The molecule has 2 N–H and O–H groups in total. The van der Waals surface area contributed by atoms with Gasteiger partial charge in [0.05, 0.1) is 5.36 Å². The van der Waals surface area contributed by atoms with Crippen LogP contribution in [0.15, 0.2) is 28.2 Å². The highest BCUT2D eigenvalue weighted by molar-refractivity contribution is 5.77. The number of urea groups is 1. The fourth-order valence-corrected chi connectivity index (χ4v) is 1.72. The molecule has 6 heteroatoms. The molecule has 0 fully saturated rings. The summed E-state index contributed by atoms with van der Waals surface area (Å²) in [5.41, 5.74) is -0.0599. The van der Waals surface area contributed by atoms with Gasteiger partial charge in [0.25, 0.3) is 0 Å². The largest absolute Gasteiger partial charge is 0.488 e. The van der Waals surface area contributed by atoms with Gasteiger partial charge in [0.15, 0.2) is 0 Å². The molecule has 2 amide bonds. The Balaban J connectivity index is 1.97. The molecular weight excluding hydrogens is 257 g/mol. The molecule has 108 valence electrons. The van der Waals surface area contributed by atoms with E-state index in [1.165, 1.54) is 0 Å². The molecule has 0 radical (unpaired) electrons. The molecule has 1 unspecified atom stereocenters. The van der Waals surface area contributed by atoms with Gasteiger partial charge in [-0.3, -0.25) is 0 Å². The number of ether oxygens (including phenoxy) is 1. The third-order valence-corrected chi connectivity index (χ3v) is 2.70. The van der Waals surface area contributed by atoms with Crippen LogP contribution in [-0.4, -0.2) is 35.9 Å². The van der Waals surface area contributed by atoms with Crippen LogP contribution in [0.1, 0.15) is 20.8 Å². The van der Waals surface area contributed by atoms with Gasteiger partial charge in [-0.1, -0.05) is 6.07 Å². The van der Waals surface area contributed by atoms with Crippen molar-refractivity contribution in [1.82, 2.24) is 5.32 Å². The lowest BCUT2D eigenvalue weighted by molar-refractivity contribution is 0.0994. The van der Waals surface area contributed by atoms with Crippen molar-refractivity contribution in [1.29, 1.82) is 0 Å². The van der Waals surface area contributed by atoms with Crippen molar-refractivity contribution in [2.24, 2.45) is 9.98 Å². The Morgan fingerprint density at radius 2 is 2.10 bits per heavy atom. The van der Waals surface area contributed by atoms with E-state index >= 15 is 0 Å². The Bertz CT molecular complexity index is 620. The van der Waals surface area contributed by atoms with Crippen LogP contribution in [0.4, 0.5) is 4.79 Å². The van der Waals surface area contributed by atoms with Crippen LogP contribution in [0.2, 0.25) is 0 Å². The summed E-state index contributed by atoms with van der Waals surface area (Å²) in [7, 11) is 0. The van der Waals surface area contributed by atoms with Gasteiger partial charge in [0.2, 0.25) is 0 Å². The second-order valence-electron chi connectivity index (χ2n) is 5.73. The van der Waals surface area contributed by atoms with Crippen LogP contribution in [0.3, 0.4) is 0 Å². The minimum atomic E-state index is -0.640. The van der Waals surface area contributed by atoms with E-state index in [1.807, 2.05) is 20.8 Å². The van der Waals surface area contributed by atoms with Gasteiger partial charge in [-0.05, 0) is 32.9 Å². The zero-order valence-electron chi connectivity index (χ0n) is 11.9. The van der Waals surface area contributed by atoms with Crippen LogP contribution in [0.25, 0.3) is 0 Å². The predicted octanol–water partition coefficient (Wildman–Crippen LogP) is 0.187. The second-order valence-corrected chi connectivity index (χ2v) is 5.73. The number of hydrogen-bond acceptors (Lipinski definition) is 4. The van der Waals surface area contributed by atoms with Gasteiger partial charge < -0.3 is 15.2 Å². The van der Waals surface area contributed by atoms with E-state index in [0.717, 1.165) is 0 Å². The first-order valence-corrected chi connectivity index (χ1v) is 6.51. The van der Waals surface area contributed by atoms with Gasteiger partial charge in [-0.15, -0.1) is 0 Å². The molecular formula is C14H19N3O3. The summed E-state index contributed by atoms with van der Waals surface area (Å²) in [6, 6.07) is 4.63. The summed E-state index contributed by atoms with van der Waals surface area (Å²) in [5, 5.41) is 14.0. The zero-order valence-corrected chi connectivity index (χ0v) is 11.9. The van der Waals surface area contributed by atoms with Crippen molar-refractivity contribution in [2.45, 2.75) is 32.4 Å². The molecule has 0 bridgehead atoms. The molecule has 1 aliphatic rings. The van der Waals surface area contributed by atoms with Gasteiger partial charge in [-0.2, -0.15) is 9.98 Å². The van der Waals surface area contributed by atoms with Gasteiger partial charge in [-0.25, -0.2) is 4.79 Å². The number of amides is 2. The van der Waals surface area contributed by atoms with E-state index in [2.05, 4.69) is 15.3 Å². The van der Waals surface area contributed by atoms with Gasteiger partial charge in [0.1, 0.15) is 23.8 Å². The van der Waals surface area contributed by atoms with E-state index in [-0.39, 0.29) is 12.1 Å². The van der Waals surface area contributed by atoms with E-state index in [0.29, 0.717) is 23.0 Å². The number of carbonyl (C=O) groups excluding carboxylic acids is 1. The van der Waals surface area contributed by atoms with Crippen LogP contribution in [0.5, 0.6) is 5.75 Å². The van der Waals surface area contributed by atoms with Crippen molar-refractivity contribution in [3.63, 3.8) is 0 Å². The maximum atomic E-state index is 11.2. The zero-order chi connectivity index (χ0) is 14.8. The van der Waals surface area contributed by atoms with Crippen LogP contribution in [0, 0.1) is 0 Å². The number of hydrogen-bond donors (Lipinski definition) is 2. The Labute approximate surface area is 117 Å². The standard InChI is InChI=1S/C14H19N3O3/c1-14(2,3)15-7-9(18)8-20-11-6-4-5-10-12(11)17-13(19)16-10/h4-6,9,15,18H,7-8H2,1-3H3/i14-1. The molecule has 0 aliphatic carbocycles. The SMILES string of the molecule is C[11C](C)(C)NCC(O)COc1cccc2c1=NC(=O)N=2. The normalized spacial score (nSPS) is 15.3. The molecule has 0 saturated carbocycles. The van der Waals surface area contributed by atoms with Crippen LogP contribution in [-0.2, 0) is 0 Å². The van der Waals surface area contributed by atoms with Crippen LogP contribution < -0.4 is 20.8 Å². The number of para-hydroxylation sites is 1. The summed E-state index contributed by atoms with van der Waals surface area (Å²) in [4.78, 5) is 18.7. The van der Waals surface area contributed by atoms with Crippen molar-refractivity contribution in [3.05, 3.63) is 28.9 Å². The molecule has 0 saturated heterocycles. The van der Waals surface area contributed by atoms with Crippen molar-refractivity contribution < 1.29 is 14.6 Å². The number of nitrogens with one attached hydrogen (secondary N) is 1. The highest BCUT2D eigenvalue weighted by atomic mass is 16.5. The number of rotatable bonds is 5. The average molecular weight is 276 g/mol. The van der Waals surface area contributed by atoms with E-state index < -0.39 is 12.1 Å². The van der Waals surface area contributed by atoms with Crippen molar-refractivity contribution >= 4 is 6.03 Å². The minimum Gasteiger partial charge on any atom is -0.488 e. The fraction of sp³-hybridized carbons (Fsp3) is 0.500. The minimum absolute atomic E-state index is 0.0599. The van der Waals surface area contributed by atoms with E-state index in [9.17, 15) is 9.90 Å². The molecule has 6 nitrogen and oxygen atoms in total. The second kappa shape index (κ2) is 5.68. The number of benzene rings is 1. The monoisotopic (exact) mass is 276 g/mol. The third kappa shape index (κ3) is 3.85. The molecule has 1 heterocycles. The lowest BCUT2D eigenvalue weighted by atomic mass is 9.54. The molecule has 1 aromatic rings. The first kappa shape index (κ1) is 14.6. The molecule has 2 rings (SSSR count). The maximum Gasteiger partial charge on any atom is 0.368 e. The average Bonchev–Trinajstić information content (AvgIpc) is 2.73. The van der Waals surface area contributed by atoms with E-state index in [4.69, 9.17) is 4.74 Å². The number of carbonyl (C=O) groups is 1. The summed E-state index contributed by atoms with van der Waals surface area (Å²) in [6.07, 6.45) is -0.640. The Morgan fingerprint density at radius 3 is 2.80 bits per heavy atom. The maximum absolute atomic E-state index is 11.2. The number of aliphatic hydroxyl groups excluding tert-OH is 1. The number of nitrogens with zero attached hydrogens (tertiary/aromatic N) is 2. The number of aliphatic hydroxyl groups is 1. The molecule has 0 aromatic heterocycles. The van der Waals surface area contributed by atoms with E-state index in [1.54, 1.807) is 18.2 Å². The summed E-state index contributed by atoms with van der Waals surface area (Å²) in [5.74, 6) is 0.465. The first-order chi connectivity index (χ1) is 9.35. The number of β-amino-alcohol motifs (C(OH)–C–C–N with tert-alkyl or cyclic N) is 1. The first-order valence-electron chi connectivity index (χ1n) is 6.51. The summed E-state index contributed by atoms with van der Waals surface area (Å²) >= 11 is 0. The Morgan fingerprint density at radius 1 is 1.35 bits per heavy atom. The predicted molar refractivity (Wildman–Crippen MR) is 73.4 cm³/mol. The highest BCUT2D eigenvalue weighted by Gasteiger charge is 2.14. The topological polar surface area (TPSA) is 83.3 Å².